The van der Waals surface area contributed by atoms with Gasteiger partial charge in [0.2, 0.25) is 0 Å². The quantitative estimate of drug-likeness (QED) is 0.754. The van der Waals surface area contributed by atoms with Crippen molar-refractivity contribution in [1.29, 1.82) is 0 Å². The molecule has 1 amide bonds. The number of carbonyl (C=O) groups is 1. The van der Waals surface area contributed by atoms with Crippen LogP contribution < -0.4 is 10.5 Å². The molecular formula is C22H34N4O4. The monoisotopic (exact) mass is 418 g/mol. The maximum Gasteiger partial charge on any atom is 0.291 e. The van der Waals surface area contributed by atoms with Crippen LogP contribution in [-0.2, 0) is 11.8 Å². The SMILES string of the molecule is Cc1conc1C(=O)N(c1c(C)n(C)n(C(C)C)c1=O)C1OCCCC1C(C)(C)C. The molecule has 8 nitrogen and oxygen atoms in total. The van der Waals surface area contributed by atoms with E-state index >= 15 is 0 Å². The van der Waals surface area contributed by atoms with Crippen LogP contribution in [0.5, 0.6) is 0 Å². The van der Waals surface area contributed by atoms with Gasteiger partial charge in [0.05, 0.1) is 5.69 Å². The third-order valence-corrected chi connectivity index (χ3v) is 6.12. The minimum Gasteiger partial charge on any atom is -0.364 e. The van der Waals surface area contributed by atoms with Gasteiger partial charge in [-0.25, -0.2) is 4.68 Å². The fourth-order valence-corrected chi connectivity index (χ4v) is 4.41. The number of carbonyl (C=O) groups excluding carboxylic acids is 1. The van der Waals surface area contributed by atoms with Gasteiger partial charge in [-0.15, -0.1) is 0 Å². The number of anilines is 1. The molecule has 1 aliphatic heterocycles. The van der Waals surface area contributed by atoms with Crippen molar-refractivity contribution in [3.8, 4) is 0 Å². The van der Waals surface area contributed by atoms with Crippen LogP contribution in [0.25, 0.3) is 0 Å². The van der Waals surface area contributed by atoms with Gasteiger partial charge < -0.3 is 9.26 Å². The Labute approximate surface area is 177 Å². The molecule has 0 N–H and O–H groups in total. The summed E-state index contributed by atoms with van der Waals surface area (Å²) in [4.78, 5) is 28.8. The lowest BCUT2D eigenvalue weighted by Gasteiger charge is -2.44. The Hall–Kier alpha value is -2.35. The summed E-state index contributed by atoms with van der Waals surface area (Å²) in [5, 5.41) is 3.93. The van der Waals surface area contributed by atoms with Crippen molar-refractivity contribution in [2.45, 2.75) is 73.6 Å². The number of amides is 1. The molecule has 2 unspecified atom stereocenters. The van der Waals surface area contributed by atoms with Crippen molar-refractivity contribution in [2.24, 2.45) is 18.4 Å². The van der Waals surface area contributed by atoms with Gasteiger partial charge in [-0.2, -0.15) is 0 Å². The molecule has 2 aromatic rings. The lowest BCUT2D eigenvalue weighted by Crippen LogP contribution is -2.53. The molecule has 2 atom stereocenters. The van der Waals surface area contributed by atoms with Crippen LogP contribution in [0.1, 0.15) is 75.2 Å². The highest BCUT2D eigenvalue weighted by Crippen LogP contribution is 2.40. The van der Waals surface area contributed by atoms with Crippen molar-refractivity contribution in [2.75, 3.05) is 11.5 Å². The average Bonchev–Trinajstić information content (AvgIpc) is 3.18. The molecule has 1 fully saturated rings. The highest BCUT2D eigenvalue weighted by Gasteiger charge is 2.44. The Morgan fingerprint density at radius 2 is 1.97 bits per heavy atom. The molecule has 1 aliphatic rings. The first-order valence-electron chi connectivity index (χ1n) is 10.6. The van der Waals surface area contributed by atoms with E-state index in [1.54, 1.807) is 11.6 Å². The lowest BCUT2D eigenvalue weighted by molar-refractivity contribution is -0.0610. The number of nitrogens with zero attached hydrogens (tertiary/aromatic N) is 4. The van der Waals surface area contributed by atoms with Gasteiger partial charge >= 0.3 is 0 Å². The zero-order valence-electron chi connectivity index (χ0n) is 19.4. The largest absolute Gasteiger partial charge is 0.364 e. The molecule has 3 rings (SSSR count). The number of aryl methyl sites for hydroxylation is 1. The predicted molar refractivity (Wildman–Crippen MR) is 115 cm³/mol. The maximum atomic E-state index is 13.8. The van der Waals surface area contributed by atoms with Gasteiger partial charge in [0.15, 0.2) is 5.69 Å². The maximum absolute atomic E-state index is 13.8. The van der Waals surface area contributed by atoms with Crippen LogP contribution in [0.2, 0.25) is 0 Å². The summed E-state index contributed by atoms with van der Waals surface area (Å²) in [5.74, 6) is -0.307. The molecule has 0 aromatic carbocycles. The van der Waals surface area contributed by atoms with Crippen molar-refractivity contribution >= 4 is 11.6 Å². The highest BCUT2D eigenvalue weighted by molar-refractivity contribution is 6.06. The molecule has 0 bridgehead atoms. The lowest BCUT2D eigenvalue weighted by atomic mass is 9.75. The van der Waals surface area contributed by atoms with E-state index in [0.717, 1.165) is 12.8 Å². The fourth-order valence-electron chi connectivity index (χ4n) is 4.41. The second-order valence-corrected chi connectivity index (χ2v) is 9.60. The van der Waals surface area contributed by atoms with E-state index < -0.39 is 6.23 Å². The van der Waals surface area contributed by atoms with Crippen LogP contribution in [0.4, 0.5) is 5.69 Å². The second kappa shape index (κ2) is 8.06. The molecular weight excluding hydrogens is 384 g/mol. The predicted octanol–water partition coefficient (Wildman–Crippen LogP) is 3.82. The molecule has 30 heavy (non-hydrogen) atoms. The number of ether oxygens (including phenoxy) is 1. The smallest absolute Gasteiger partial charge is 0.291 e. The van der Waals surface area contributed by atoms with Gasteiger partial charge in [0.1, 0.15) is 18.2 Å². The van der Waals surface area contributed by atoms with Crippen molar-refractivity contribution in [1.82, 2.24) is 14.5 Å². The zero-order valence-corrected chi connectivity index (χ0v) is 19.4. The summed E-state index contributed by atoms with van der Waals surface area (Å²) in [6, 6.07) is -0.0497. The van der Waals surface area contributed by atoms with E-state index in [4.69, 9.17) is 9.26 Å². The Kier molecular flexibility index (Phi) is 6.00. The summed E-state index contributed by atoms with van der Waals surface area (Å²) in [5.41, 5.74) is 1.58. The summed E-state index contributed by atoms with van der Waals surface area (Å²) >= 11 is 0. The molecule has 166 valence electrons. The molecule has 3 heterocycles. The fraction of sp³-hybridized carbons (Fsp3) is 0.682. The van der Waals surface area contributed by atoms with E-state index in [2.05, 4.69) is 25.9 Å². The van der Waals surface area contributed by atoms with E-state index in [-0.39, 0.29) is 34.5 Å². The summed E-state index contributed by atoms with van der Waals surface area (Å²) in [7, 11) is 1.84. The van der Waals surface area contributed by atoms with E-state index in [1.807, 2.05) is 32.5 Å². The van der Waals surface area contributed by atoms with Crippen molar-refractivity contribution in [3.05, 3.63) is 33.6 Å². The Morgan fingerprint density at radius 1 is 1.30 bits per heavy atom. The molecule has 2 aromatic heterocycles. The average molecular weight is 419 g/mol. The number of rotatable bonds is 4. The summed E-state index contributed by atoms with van der Waals surface area (Å²) < 4.78 is 14.7. The molecule has 0 spiro atoms. The van der Waals surface area contributed by atoms with E-state index in [9.17, 15) is 9.59 Å². The van der Waals surface area contributed by atoms with Gasteiger partial charge in [-0.05, 0) is 46.0 Å². The third-order valence-electron chi connectivity index (χ3n) is 6.12. The molecule has 0 saturated carbocycles. The van der Waals surface area contributed by atoms with Crippen LogP contribution in [-0.4, -0.2) is 33.3 Å². The topological polar surface area (TPSA) is 82.5 Å². The minimum absolute atomic E-state index is 0.0497. The number of hydrogen-bond donors (Lipinski definition) is 0. The normalized spacial score (nSPS) is 20.0. The Bertz CT molecular complexity index is 976. The van der Waals surface area contributed by atoms with Crippen LogP contribution in [0.3, 0.4) is 0 Å². The molecule has 8 heteroatoms. The highest BCUT2D eigenvalue weighted by atomic mass is 16.5. The first-order chi connectivity index (χ1) is 14.0. The van der Waals surface area contributed by atoms with Crippen LogP contribution >= 0.6 is 0 Å². The second-order valence-electron chi connectivity index (χ2n) is 9.60. The number of hydrogen-bond acceptors (Lipinski definition) is 5. The van der Waals surface area contributed by atoms with Gasteiger partial charge in [-0.3, -0.25) is 19.2 Å². The Balaban J connectivity index is 2.24. The molecule has 0 radical (unpaired) electrons. The summed E-state index contributed by atoms with van der Waals surface area (Å²) in [6.07, 6.45) is 2.73. The summed E-state index contributed by atoms with van der Waals surface area (Å²) in [6.45, 7) is 14.5. The van der Waals surface area contributed by atoms with Crippen molar-refractivity contribution in [3.63, 3.8) is 0 Å². The first-order valence-corrected chi connectivity index (χ1v) is 10.6. The first kappa shape index (κ1) is 22.3. The van der Waals surface area contributed by atoms with Crippen LogP contribution in [0.15, 0.2) is 15.6 Å². The molecule has 1 saturated heterocycles. The Morgan fingerprint density at radius 3 is 2.47 bits per heavy atom. The standard InChI is InChI=1S/C22H34N4O4/c1-13(2)26-20(28)18(15(4)24(26)8)25(19(27)17-14(3)12-30-23-17)21-16(22(5,6)7)10-9-11-29-21/h12-13,16,21H,9-11H2,1-8H3. The van der Waals surface area contributed by atoms with Gasteiger partial charge in [-0.1, -0.05) is 25.9 Å². The van der Waals surface area contributed by atoms with E-state index in [0.29, 0.717) is 23.6 Å². The number of aromatic nitrogens is 3. The van der Waals surface area contributed by atoms with Crippen molar-refractivity contribution < 1.29 is 14.1 Å². The third kappa shape index (κ3) is 3.73. The molecule has 0 aliphatic carbocycles. The minimum atomic E-state index is -0.559. The van der Waals surface area contributed by atoms with Gasteiger partial charge in [0, 0.05) is 31.2 Å². The zero-order chi connectivity index (χ0) is 22.4. The van der Waals surface area contributed by atoms with Gasteiger partial charge in [0.25, 0.3) is 11.5 Å². The van der Waals surface area contributed by atoms with E-state index in [1.165, 1.54) is 11.2 Å². The van der Waals surface area contributed by atoms with Crippen LogP contribution in [0, 0.1) is 25.2 Å².